The fourth-order valence-corrected chi connectivity index (χ4v) is 1.20. The van der Waals surface area contributed by atoms with Crippen molar-refractivity contribution < 1.29 is 9.90 Å². The number of nitrogens with two attached hydrogens (primary N) is 1. The molecule has 1 aliphatic rings. The Hall–Kier alpha value is -0.0300. The van der Waals surface area contributed by atoms with Gasteiger partial charge in [-0.2, -0.15) is 0 Å². The number of carboxylic acid groups (broad SMARTS) is 1. The van der Waals surface area contributed by atoms with E-state index in [-0.39, 0.29) is 24.8 Å². The molecule has 1 saturated heterocycles. The van der Waals surface area contributed by atoms with Crippen molar-refractivity contribution in [1.82, 2.24) is 4.90 Å². The predicted molar refractivity (Wildman–Crippen MR) is 51.2 cm³/mol. The molecule has 3 N–H and O–H groups in total. The maximum absolute atomic E-state index is 10.5. The number of likely N-dealkylation sites (tertiary alicyclic amines) is 1. The molecule has 1 heterocycles. The number of carbonyl (C=O) groups is 1. The van der Waals surface area contributed by atoms with Crippen LogP contribution in [0.25, 0.3) is 0 Å². The molecule has 0 spiro atoms. The van der Waals surface area contributed by atoms with Crippen LogP contribution in [0, 0.1) is 0 Å². The third-order valence-corrected chi connectivity index (χ3v) is 1.92. The highest BCUT2D eigenvalue weighted by molar-refractivity contribution is 5.85. The Bertz CT molecular complexity index is 168. The van der Waals surface area contributed by atoms with Gasteiger partial charge in [-0.25, -0.2) is 0 Å². The van der Waals surface area contributed by atoms with E-state index in [2.05, 4.69) is 0 Å². The van der Waals surface area contributed by atoms with Gasteiger partial charge in [-0.05, 0) is 13.5 Å². The average molecular weight is 217 g/mol. The van der Waals surface area contributed by atoms with Crippen LogP contribution in [0.2, 0.25) is 0 Å². The Labute approximate surface area is 83.9 Å². The van der Waals surface area contributed by atoms with Crippen molar-refractivity contribution in [3.05, 3.63) is 0 Å². The number of aliphatic carboxylic acids is 1. The number of carboxylic acids is 1. The van der Waals surface area contributed by atoms with Crippen molar-refractivity contribution in [2.75, 3.05) is 20.1 Å². The summed E-state index contributed by atoms with van der Waals surface area (Å²) in [5, 5.41) is 8.64. The van der Waals surface area contributed by atoms with Gasteiger partial charge in [-0.1, -0.05) is 0 Å². The molecule has 0 bridgehead atoms. The minimum atomic E-state index is -0.991. The molecule has 0 saturated carbocycles. The standard InChI is InChI=1S/C6H12N2O2.2ClH/c1-8-3-2-6(7,4-8)5(9)10;;/h2-4,7H2,1H3,(H,9,10);2*1H. The van der Waals surface area contributed by atoms with Gasteiger partial charge in [0.05, 0.1) is 0 Å². The van der Waals surface area contributed by atoms with Crippen LogP contribution in [0.1, 0.15) is 6.42 Å². The molecule has 4 nitrogen and oxygen atoms in total. The minimum absolute atomic E-state index is 0. The van der Waals surface area contributed by atoms with Gasteiger partial charge < -0.3 is 15.7 Å². The van der Waals surface area contributed by atoms with Crippen LogP contribution in [0.15, 0.2) is 0 Å². The molecule has 1 rings (SSSR count). The lowest BCUT2D eigenvalue weighted by Gasteiger charge is -2.16. The molecule has 74 valence electrons. The largest absolute Gasteiger partial charge is 0.480 e. The summed E-state index contributed by atoms with van der Waals surface area (Å²) >= 11 is 0. The third kappa shape index (κ3) is 2.79. The lowest BCUT2D eigenvalue weighted by molar-refractivity contribution is -0.142. The van der Waals surface area contributed by atoms with Crippen LogP contribution >= 0.6 is 24.8 Å². The van der Waals surface area contributed by atoms with Gasteiger partial charge in [-0.3, -0.25) is 4.79 Å². The smallest absolute Gasteiger partial charge is 0.325 e. The highest BCUT2D eigenvalue weighted by atomic mass is 35.5. The van der Waals surface area contributed by atoms with E-state index in [0.29, 0.717) is 13.0 Å². The highest BCUT2D eigenvalue weighted by Crippen LogP contribution is 2.16. The van der Waals surface area contributed by atoms with E-state index in [4.69, 9.17) is 10.8 Å². The number of nitrogens with zero attached hydrogens (tertiary/aromatic N) is 1. The maximum Gasteiger partial charge on any atom is 0.325 e. The molecule has 6 heteroatoms. The predicted octanol–water partition coefficient (Wildman–Crippen LogP) is -0.0524. The molecule has 1 fully saturated rings. The van der Waals surface area contributed by atoms with Crippen LogP contribution in [0.5, 0.6) is 0 Å². The number of halogens is 2. The first-order valence-electron chi connectivity index (χ1n) is 3.25. The summed E-state index contributed by atoms with van der Waals surface area (Å²) in [5.74, 6) is -0.892. The summed E-state index contributed by atoms with van der Waals surface area (Å²) < 4.78 is 0. The highest BCUT2D eigenvalue weighted by Gasteiger charge is 2.39. The second-order valence-electron chi connectivity index (χ2n) is 2.95. The van der Waals surface area contributed by atoms with E-state index < -0.39 is 11.5 Å². The summed E-state index contributed by atoms with van der Waals surface area (Å²) in [6.45, 7) is 1.24. The van der Waals surface area contributed by atoms with Crippen LogP contribution in [0.4, 0.5) is 0 Å². The van der Waals surface area contributed by atoms with Crippen molar-refractivity contribution in [1.29, 1.82) is 0 Å². The lowest BCUT2D eigenvalue weighted by Crippen LogP contribution is -2.49. The van der Waals surface area contributed by atoms with Crippen LogP contribution in [0.3, 0.4) is 0 Å². The zero-order valence-corrected chi connectivity index (χ0v) is 8.45. The fourth-order valence-electron chi connectivity index (χ4n) is 1.20. The molecule has 1 atom stereocenters. The summed E-state index contributed by atoms with van der Waals surface area (Å²) in [4.78, 5) is 12.4. The monoisotopic (exact) mass is 216 g/mol. The first kappa shape index (κ1) is 14.5. The summed E-state index contributed by atoms with van der Waals surface area (Å²) in [7, 11) is 1.87. The maximum atomic E-state index is 10.5. The molecular formula is C6H14Cl2N2O2. The quantitative estimate of drug-likeness (QED) is 0.646. The summed E-state index contributed by atoms with van der Waals surface area (Å²) in [5.41, 5.74) is 4.56. The summed E-state index contributed by atoms with van der Waals surface area (Å²) in [6.07, 6.45) is 0.554. The Balaban J connectivity index is 0. The second kappa shape index (κ2) is 4.87. The van der Waals surface area contributed by atoms with Crippen molar-refractivity contribution in [2.45, 2.75) is 12.0 Å². The van der Waals surface area contributed by atoms with Crippen molar-refractivity contribution in [3.8, 4) is 0 Å². The average Bonchev–Trinajstić information content (AvgIpc) is 2.13. The third-order valence-electron chi connectivity index (χ3n) is 1.92. The number of likely N-dealkylation sites (N-methyl/N-ethyl adjacent to an activating group) is 1. The zero-order chi connectivity index (χ0) is 7.78. The number of rotatable bonds is 1. The first-order chi connectivity index (χ1) is 4.54. The molecule has 0 amide bonds. The van der Waals surface area contributed by atoms with E-state index in [1.807, 2.05) is 11.9 Å². The van der Waals surface area contributed by atoms with Gasteiger partial charge >= 0.3 is 5.97 Å². The molecule has 0 aromatic heterocycles. The van der Waals surface area contributed by atoms with Crippen molar-refractivity contribution >= 4 is 30.8 Å². The Morgan fingerprint density at radius 2 is 2.08 bits per heavy atom. The number of hydrogen-bond acceptors (Lipinski definition) is 3. The van der Waals surface area contributed by atoms with Gasteiger partial charge in [0.1, 0.15) is 5.54 Å². The van der Waals surface area contributed by atoms with Gasteiger partial charge in [-0.15, -0.1) is 24.8 Å². The van der Waals surface area contributed by atoms with E-state index in [1.165, 1.54) is 0 Å². The minimum Gasteiger partial charge on any atom is -0.480 e. The Morgan fingerprint density at radius 1 is 1.58 bits per heavy atom. The fraction of sp³-hybridized carbons (Fsp3) is 0.833. The van der Waals surface area contributed by atoms with E-state index in [9.17, 15) is 4.79 Å². The molecule has 0 radical (unpaired) electrons. The topological polar surface area (TPSA) is 66.6 Å². The summed E-state index contributed by atoms with van der Waals surface area (Å²) in [6, 6.07) is 0. The SMILES string of the molecule is CN1CCC(N)(C(=O)O)C1.Cl.Cl. The van der Waals surface area contributed by atoms with E-state index in [1.54, 1.807) is 0 Å². The number of hydrogen-bond donors (Lipinski definition) is 2. The van der Waals surface area contributed by atoms with Gasteiger partial charge in [0, 0.05) is 13.1 Å². The lowest BCUT2D eigenvalue weighted by atomic mass is 10.0. The molecular weight excluding hydrogens is 203 g/mol. The van der Waals surface area contributed by atoms with E-state index in [0.717, 1.165) is 6.54 Å². The Morgan fingerprint density at radius 3 is 2.25 bits per heavy atom. The van der Waals surface area contributed by atoms with Gasteiger partial charge in [0.15, 0.2) is 0 Å². The van der Waals surface area contributed by atoms with Crippen molar-refractivity contribution in [2.24, 2.45) is 5.73 Å². The van der Waals surface area contributed by atoms with Crippen molar-refractivity contribution in [3.63, 3.8) is 0 Å². The molecule has 1 aliphatic heterocycles. The zero-order valence-electron chi connectivity index (χ0n) is 6.82. The first-order valence-corrected chi connectivity index (χ1v) is 3.25. The second-order valence-corrected chi connectivity index (χ2v) is 2.95. The van der Waals surface area contributed by atoms with Crippen LogP contribution < -0.4 is 5.73 Å². The van der Waals surface area contributed by atoms with Crippen LogP contribution in [-0.2, 0) is 4.79 Å². The normalized spacial score (nSPS) is 28.8. The molecule has 0 aliphatic carbocycles. The Kier molecular flexibility index (Phi) is 5.88. The molecule has 1 unspecified atom stereocenters. The van der Waals surface area contributed by atoms with Gasteiger partial charge in [0.2, 0.25) is 0 Å². The van der Waals surface area contributed by atoms with Crippen LogP contribution in [-0.4, -0.2) is 41.7 Å². The molecule has 0 aromatic carbocycles. The molecule has 12 heavy (non-hydrogen) atoms. The van der Waals surface area contributed by atoms with Gasteiger partial charge in [0.25, 0.3) is 0 Å². The van der Waals surface area contributed by atoms with E-state index >= 15 is 0 Å². The molecule has 0 aromatic rings.